The summed E-state index contributed by atoms with van der Waals surface area (Å²) >= 11 is 0. The molecule has 0 fully saturated rings. The fourth-order valence-corrected chi connectivity index (χ4v) is 3.56. The third kappa shape index (κ3) is 6.57. The van der Waals surface area contributed by atoms with Crippen LogP contribution in [0, 0.1) is 11.6 Å². The van der Waals surface area contributed by atoms with Gasteiger partial charge in [0.15, 0.2) is 0 Å². The summed E-state index contributed by atoms with van der Waals surface area (Å²) in [5, 5.41) is 2.83. The maximum absolute atomic E-state index is 13.8. The zero-order chi connectivity index (χ0) is 24.6. The summed E-state index contributed by atoms with van der Waals surface area (Å²) in [7, 11) is 0. The number of pyridine rings is 1. The van der Waals surface area contributed by atoms with Gasteiger partial charge in [0.25, 0.3) is 5.91 Å². The third-order valence-electron chi connectivity index (χ3n) is 5.38. The Balaban J connectivity index is 1.49. The quantitative estimate of drug-likeness (QED) is 0.391. The van der Waals surface area contributed by atoms with Crippen molar-refractivity contribution in [1.82, 2.24) is 10.3 Å². The first kappa shape index (κ1) is 23.8. The molecule has 176 valence electrons. The second-order valence-electron chi connectivity index (χ2n) is 7.97. The van der Waals surface area contributed by atoms with Crippen LogP contribution in [-0.2, 0) is 24.3 Å². The molecule has 3 aromatic carbocycles. The highest BCUT2D eigenvalue weighted by Gasteiger charge is 2.19. The van der Waals surface area contributed by atoms with Crippen molar-refractivity contribution in [3.63, 3.8) is 0 Å². The Morgan fingerprint density at radius 1 is 0.800 bits per heavy atom. The van der Waals surface area contributed by atoms with E-state index in [1.54, 1.807) is 48.7 Å². The van der Waals surface area contributed by atoms with Crippen LogP contribution < -0.4 is 10.2 Å². The second kappa shape index (κ2) is 11.2. The Morgan fingerprint density at radius 3 is 2.23 bits per heavy atom. The molecular formula is C28H23F2N3O2. The van der Waals surface area contributed by atoms with E-state index >= 15 is 0 Å². The van der Waals surface area contributed by atoms with Crippen LogP contribution in [0.3, 0.4) is 0 Å². The fraction of sp³-hybridized carbons (Fsp3) is 0.107. The standard InChI is InChI=1S/C28H23F2N3O2/c29-23-11-7-21(8-12-23)19-33(28(35)22-4-3-5-24(30)17-22)26-13-9-20(10-14-26)16-27(34)32-18-25-6-1-2-15-31-25/h1-15,17H,16,18-19H2,(H,32,34). The lowest BCUT2D eigenvalue weighted by molar-refractivity contribution is -0.120. The summed E-state index contributed by atoms with van der Waals surface area (Å²) in [4.78, 5) is 31.3. The molecular weight excluding hydrogens is 448 g/mol. The average molecular weight is 472 g/mol. The van der Waals surface area contributed by atoms with Crippen molar-refractivity contribution in [2.45, 2.75) is 19.5 Å². The molecule has 4 aromatic rings. The van der Waals surface area contributed by atoms with Crippen LogP contribution in [-0.4, -0.2) is 16.8 Å². The largest absolute Gasteiger partial charge is 0.350 e. The fourth-order valence-electron chi connectivity index (χ4n) is 3.56. The van der Waals surface area contributed by atoms with Gasteiger partial charge in [-0.25, -0.2) is 8.78 Å². The molecule has 2 amide bonds. The van der Waals surface area contributed by atoms with Gasteiger partial charge in [0.05, 0.1) is 25.2 Å². The van der Waals surface area contributed by atoms with Crippen molar-refractivity contribution >= 4 is 17.5 Å². The Labute approximate surface area is 202 Å². The number of benzene rings is 3. The monoisotopic (exact) mass is 471 g/mol. The summed E-state index contributed by atoms with van der Waals surface area (Å²) in [5.41, 5.74) is 3.02. The third-order valence-corrected chi connectivity index (χ3v) is 5.38. The number of rotatable bonds is 8. The van der Waals surface area contributed by atoms with Crippen LogP contribution in [0.1, 0.15) is 27.2 Å². The van der Waals surface area contributed by atoms with Gasteiger partial charge in [0, 0.05) is 17.4 Å². The summed E-state index contributed by atoms with van der Waals surface area (Å²) < 4.78 is 27.1. The van der Waals surface area contributed by atoms with Crippen molar-refractivity contribution in [3.8, 4) is 0 Å². The van der Waals surface area contributed by atoms with E-state index in [1.807, 2.05) is 18.2 Å². The number of anilines is 1. The molecule has 4 rings (SSSR count). The normalized spacial score (nSPS) is 10.6. The topological polar surface area (TPSA) is 62.3 Å². The van der Waals surface area contributed by atoms with Gasteiger partial charge in [0.1, 0.15) is 11.6 Å². The van der Waals surface area contributed by atoms with Crippen LogP contribution >= 0.6 is 0 Å². The molecule has 0 bridgehead atoms. The number of nitrogens with zero attached hydrogens (tertiary/aromatic N) is 2. The number of hydrogen-bond donors (Lipinski definition) is 1. The first-order valence-electron chi connectivity index (χ1n) is 11.1. The Kier molecular flexibility index (Phi) is 7.57. The highest BCUT2D eigenvalue weighted by molar-refractivity contribution is 6.06. The van der Waals surface area contributed by atoms with Gasteiger partial charge in [-0.3, -0.25) is 14.6 Å². The molecule has 0 atom stereocenters. The number of aromatic nitrogens is 1. The van der Waals surface area contributed by atoms with E-state index in [4.69, 9.17) is 0 Å². The molecule has 0 unspecified atom stereocenters. The molecule has 1 N–H and O–H groups in total. The predicted octanol–water partition coefficient (Wildman–Crippen LogP) is 5.07. The lowest BCUT2D eigenvalue weighted by Crippen LogP contribution is -2.30. The Morgan fingerprint density at radius 2 is 1.54 bits per heavy atom. The van der Waals surface area contributed by atoms with Crippen molar-refractivity contribution in [2.24, 2.45) is 0 Å². The Bertz CT molecular complexity index is 1290. The molecule has 7 heteroatoms. The van der Waals surface area contributed by atoms with Gasteiger partial charge >= 0.3 is 0 Å². The van der Waals surface area contributed by atoms with Gasteiger partial charge in [-0.15, -0.1) is 0 Å². The molecule has 0 aliphatic heterocycles. The highest BCUT2D eigenvalue weighted by Crippen LogP contribution is 2.22. The number of carbonyl (C=O) groups is 2. The van der Waals surface area contributed by atoms with E-state index in [1.165, 1.54) is 35.2 Å². The second-order valence-corrected chi connectivity index (χ2v) is 7.97. The number of halogens is 2. The van der Waals surface area contributed by atoms with Crippen molar-refractivity contribution in [2.75, 3.05) is 4.90 Å². The van der Waals surface area contributed by atoms with Gasteiger partial charge in [-0.2, -0.15) is 0 Å². The number of carbonyl (C=O) groups excluding carboxylic acids is 2. The van der Waals surface area contributed by atoms with E-state index in [-0.39, 0.29) is 30.3 Å². The molecule has 0 radical (unpaired) electrons. The van der Waals surface area contributed by atoms with Crippen molar-refractivity contribution in [1.29, 1.82) is 0 Å². The Hall–Kier alpha value is -4.39. The maximum atomic E-state index is 13.8. The first-order chi connectivity index (χ1) is 17.0. The summed E-state index contributed by atoms with van der Waals surface area (Å²) in [6, 6.07) is 23.8. The van der Waals surface area contributed by atoms with Gasteiger partial charge in [-0.05, 0) is 65.7 Å². The molecule has 5 nitrogen and oxygen atoms in total. The smallest absolute Gasteiger partial charge is 0.258 e. The number of nitrogens with one attached hydrogen (secondary N) is 1. The molecule has 0 saturated heterocycles. The highest BCUT2D eigenvalue weighted by atomic mass is 19.1. The van der Waals surface area contributed by atoms with Crippen LogP contribution in [0.25, 0.3) is 0 Å². The molecule has 0 saturated carbocycles. The lowest BCUT2D eigenvalue weighted by atomic mass is 10.1. The molecule has 0 aliphatic rings. The zero-order valence-corrected chi connectivity index (χ0v) is 18.8. The maximum Gasteiger partial charge on any atom is 0.258 e. The summed E-state index contributed by atoms with van der Waals surface area (Å²) in [6.45, 7) is 0.505. The van der Waals surface area contributed by atoms with E-state index in [9.17, 15) is 18.4 Å². The molecule has 1 aromatic heterocycles. The van der Waals surface area contributed by atoms with Crippen molar-refractivity contribution in [3.05, 3.63) is 131 Å². The number of amides is 2. The molecule has 1 heterocycles. The minimum atomic E-state index is -0.510. The molecule has 0 aliphatic carbocycles. The van der Waals surface area contributed by atoms with Crippen LogP contribution in [0.15, 0.2) is 97.2 Å². The van der Waals surface area contributed by atoms with E-state index < -0.39 is 11.7 Å². The summed E-state index contributed by atoms with van der Waals surface area (Å²) in [6.07, 6.45) is 1.84. The first-order valence-corrected chi connectivity index (χ1v) is 11.1. The van der Waals surface area contributed by atoms with Crippen molar-refractivity contribution < 1.29 is 18.4 Å². The van der Waals surface area contributed by atoms with Gasteiger partial charge < -0.3 is 10.2 Å². The molecule has 35 heavy (non-hydrogen) atoms. The SMILES string of the molecule is O=C(Cc1ccc(N(Cc2ccc(F)cc2)C(=O)c2cccc(F)c2)cc1)NCc1ccccn1. The number of hydrogen-bond acceptors (Lipinski definition) is 3. The molecule has 0 spiro atoms. The minimum Gasteiger partial charge on any atom is -0.350 e. The van der Waals surface area contributed by atoms with Crippen LogP contribution in [0.4, 0.5) is 14.5 Å². The van der Waals surface area contributed by atoms with Gasteiger partial charge in [0.2, 0.25) is 5.91 Å². The zero-order valence-electron chi connectivity index (χ0n) is 18.8. The van der Waals surface area contributed by atoms with Gasteiger partial charge in [-0.1, -0.05) is 36.4 Å². The van der Waals surface area contributed by atoms with Crippen LogP contribution in [0.2, 0.25) is 0 Å². The minimum absolute atomic E-state index is 0.151. The van der Waals surface area contributed by atoms with Crippen LogP contribution in [0.5, 0.6) is 0 Å². The lowest BCUT2D eigenvalue weighted by Gasteiger charge is -2.23. The van der Waals surface area contributed by atoms with E-state index in [2.05, 4.69) is 10.3 Å². The summed E-state index contributed by atoms with van der Waals surface area (Å²) in [5.74, 6) is -1.43. The average Bonchev–Trinajstić information content (AvgIpc) is 2.88. The van der Waals surface area contributed by atoms with E-state index in [0.717, 1.165) is 11.3 Å². The van der Waals surface area contributed by atoms with E-state index in [0.29, 0.717) is 17.8 Å². The predicted molar refractivity (Wildman–Crippen MR) is 130 cm³/mol.